The zero-order valence-electron chi connectivity index (χ0n) is 12.9. The SMILES string of the molecule is CSc1cc(C)ccc1CNC(=O)N1CCC(C)C(O)C1. The van der Waals surface area contributed by atoms with E-state index in [4.69, 9.17) is 0 Å². The van der Waals surface area contributed by atoms with Gasteiger partial charge < -0.3 is 15.3 Å². The quantitative estimate of drug-likeness (QED) is 0.844. The van der Waals surface area contributed by atoms with Crippen molar-refractivity contribution < 1.29 is 9.90 Å². The first-order chi connectivity index (χ1) is 10.0. The fourth-order valence-corrected chi connectivity index (χ4v) is 3.22. The molecule has 1 fully saturated rings. The van der Waals surface area contributed by atoms with Gasteiger partial charge in [0.1, 0.15) is 0 Å². The highest BCUT2D eigenvalue weighted by molar-refractivity contribution is 7.98. The van der Waals surface area contributed by atoms with Crippen molar-refractivity contribution in [3.05, 3.63) is 29.3 Å². The lowest BCUT2D eigenvalue weighted by atomic mass is 9.96. The molecule has 2 amide bonds. The summed E-state index contributed by atoms with van der Waals surface area (Å²) in [6.45, 7) is 5.76. The van der Waals surface area contributed by atoms with Gasteiger partial charge in [-0.05, 0) is 42.7 Å². The predicted molar refractivity (Wildman–Crippen MR) is 86.6 cm³/mol. The number of β-amino-alcohol motifs (C(OH)–C–C–N with tert-alkyl or cyclic N) is 1. The summed E-state index contributed by atoms with van der Waals surface area (Å²) in [6, 6.07) is 6.18. The van der Waals surface area contributed by atoms with E-state index >= 15 is 0 Å². The van der Waals surface area contributed by atoms with Crippen molar-refractivity contribution in [3.8, 4) is 0 Å². The molecule has 1 saturated heterocycles. The van der Waals surface area contributed by atoms with E-state index in [1.54, 1.807) is 16.7 Å². The molecule has 5 heteroatoms. The molecular weight excluding hydrogens is 284 g/mol. The number of piperidine rings is 1. The van der Waals surface area contributed by atoms with Crippen LogP contribution in [0.25, 0.3) is 0 Å². The molecule has 1 aromatic carbocycles. The zero-order chi connectivity index (χ0) is 15.4. The van der Waals surface area contributed by atoms with Gasteiger partial charge in [-0.1, -0.05) is 19.1 Å². The molecule has 4 nitrogen and oxygen atoms in total. The fraction of sp³-hybridized carbons (Fsp3) is 0.562. The van der Waals surface area contributed by atoms with E-state index in [9.17, 15) is 9.90 Å². The number of benzene rings is 1. The Morgan fingerprint density at radius 3 is 2.95 bits per heavy atom. The Hall–Kier alpha value is -1.20. The minimum absolute atomic E-state index is 0.0893. The molecule has 0 saturated carbocycles. The second-order valence-corrected chi connectivity index (χ2v) is 6.60. The van der Waals surface area contributed by atoms with E-state index in [0.717, 1.165) is 12.0 Å². The Balaban J connectivity index is 1.92. The number of amides is 2. The van der Waals surface area contributed by atoms with Crippen molar-refractivity contribution in [2.24, 2.45) is 5.92 Å². The number of likely N-dealkylation sites (tertiary alicyclic amines) is 1. The van der Waals surface area contributed by atoms with Crippen molar-refractivity contribution in [1.29, 1.82) is 0 Å². The maximum atomic E-state index is 12.2. The second kappa shape index (κ2) is 7.18. The van der Waals surface area contributed by atoms with Crippen LogP contribution < -0.4 is 5.32 Å². The third-order valence-electron chi connectivity index (χ3n) is 4.08. The van der Waals surface area contributed by atoms with Crippen LogP contribution in [0.5, 0.6) is 0 Å². The summed E-state index contributed by atoms with van der Waals surface area (Å²) in [5.74, 6) is 0.272. The first-order valence-corrected chi connectivity index (χ1v) is 8.58. The molecule has 1 aliphatic rings. The Bertz CT molecular complexity index is 507. The van der Waals surface area contributed by atoms with E-state index < -0.39 is 6.10 Å². The van der Waals surface area contributed by atoms with Gasteiger partial charge in [0.25, 0.3) is 0 Å². The third kappa shape index (κ3) is 4.14. The topological polar surface area (TPSA) is 52.6 Å². The summed E-state index contributed by atoms with van der Waals surface area (Å²) in [6.07, 6.45) is 2.49. The number of carbonyl (C=O) groups excluding carboxylic acids is 1. The Kier molecular flexibility index (Phi) is 5.53. The van der Waals surface area contributed by atoms with Crippen molar-refractivity contribution in [3.63, 3.8) is 0 Å². The summed E-state index contributed by atoms with van der Waals surface area (Å²) in [4.78, 5) is 15.1. The number of thioether (sulfide) groups is 1. The highest BCUT2D eigenvalue weighted by atomic mass is 32.2. The van der Waals surface area contributed by atoms with Crippen molar-refractivity contribution in [2.45, 2.75) is 37.8 Å². The van der Waals surface area contributed by atoms with Gasteiger partial charge in [-0.15, -0.1) is 11.8 Å². The van der Waals surface area contributed by atoms with Crippen molar-refractivity contribution >= 4 is 17.8 Å². The molecule has 2 unspecified atom stereocenters. The maximum absolute atomic E-state index is 12.2. The number of rotatable bonds is 3. The summed E-state index contributed by atoms with van der Waals surface area (Å²) >= 11 is 1.69. The standard InChI is InChI=1S/C16H24N2O2S/c1-11-4-5-13(15(8-11)21-3)9-17-16(20)18-7-6-12(2)14(19)10-18/h4-5,8,12,14,19H,6-7,9-10H2,1-3H3,(H,17,20). The number of aliphatic hydroxyl groups is 1. The lowest BCUT2D eigenvalue weighted by molar-refractivity contribution is 0.0435. The van der Waals surface area contributed by atoms with Gasteiger partial charge in [0.05, 0.1) is 6.10 Å². The van der Waals surface area contributed by atoms with E-state index in [1.165, 1.54) is 10.5 Å². The summed E-state index contributed by atoms with van der Waals surface area (Å²) in [7, 11) is 0. The molecule has 0 radical (unpaired) electrons. The minimum Gasteiger partial charge on any atom is -0.391 e. The summed E-state index contributed by atoms with van der Waals surface area (Å²) in [5, 5.41) is 12.8. The molecule has 2 rings (SSSR count). The molecule has 21 heavy (non-hydrogen) atoms. The average molecular weight is 308 g/mol. The number of nitrogens with zero attached hydrogens (tertiary/aromatic N) is 1. The number of hydrogen-bond donors (Lipinski definition) is 2. The largest absolute Gasteiger partial charge is 0.391 e. The van der Waals surface area contributed by atoms with Gasteiger partial charge in [0, 0.05) is 24.5 Å². The molecule has 2 atom stereocenters. The number of nitrogens with one attached hydrogen (secondary N) is 1. The first-order valence-electron chi connectivity index (χ1n) is 7.35. The molecule has 1 aromatic rings. The monoisotopic (exact) mass is 308 g/mol. The number of hydrogen-bond acceptors (Lipinski definition) is 3. The molecule has 0 bridgehead atoms. The van der Waals surface area contributed by atoms with Crippen LogP contribution in [0, 0.1) is 12.8 Å². The van der Waals surface area contributed by atoms with E-state index in [2.05, 4.69) is 30.4 Å². The number of urea groups is 1. The maximum Gasteiger partial charge on any atom is 0.317 e. The highest BCUT2D eigenvalue weighted by Gasteiger charge is 2.27. The molecule has 1 aliphatic heterocycles. The van der Waals surface area contributed by atoms with Crippen LogP contribution in [-0.2, 0) is 6.54 Å². The Morgan fingerprint density at radius 2 is 2.29 bits per heavy atom. The third-order valence-corrected chi connectivity index (χ3v) is 4.90. The lowest BCUT2D eigenvalue weighted by Gasteiger charge is -2.34. The van der Waals surface area contributed by atoms with Gasteiger partial charge in [-0.3, -0.25) is 0 Å². The van der Waals surface area contributed by atoms with Gasteiger partial charge in [-0.25, -0.2) is 4.79 Å². The average Bonchev–Trinajstić information content (AvgIpc) is 2.48. The Morgan fingerprint density at radius 1 is 1.52 bits per heavy atom. The molecule has 2 N–H and O–H groups in total. The molecule has 1 heterocycles. The predicted octanol–water partition coefficient (Wildman–Crippen LogP) is 2.63. The van der Waals surface area contributed by atoms with Gasteiger partial charge in [0.15, 0.2) is 0 Å². The zero-order valence-corrected chi connectivity index (χ0v) is 13.7. The summed E-state index contributed by atoms with van der Waals surface area (Å²) in [5.41, 5.74) is 2.36. The second-order valence-electron chi connectivity index (χ2n) is 5.75. The number of carbonyl (C=O) groups is 1. The van der Waals surface area contributed by atoms with E-state index in [1.807, 2.05) is 13.2 Å². The van der Waals surface area contributed by atoms with Crippen LogP contribution in [0.1, 0.15) is 24.5 Å². The van der Waals surface area contributed by atoms with Crippen molar-refractivity contribution in [2.75, 3.05) is 19.3 Å². The van der Waals surface area contributed by atoms with Crippen LogP contribution in [-0.4, -0.2) is 41.5 Å². The number of aryl methyl sites for hydroxylation is 1. The van der Waals surface area contributed by atoms with Crippen LogP contribution in [0.4, 0.5) is 4.79 Å². The summed E-state index contributed by atoms with van der Waals surface area (Å²) < 4.78 is 0. The van der Waals surface area contributed by atoms with Crippen LogP contribution in [0.2, 0.25) is 0 Å². The van der Waals surface area contributed by atoms with Crippen molar-refractivity contribution in [1.82, 2.24) is 10.2 Å². The molecular formula is C16H24N2O2S. The van der Waals surface area contributed by atoms with Crippen LogP contribution >= 0.6 is 11.8 Å². The highest BCUT2D eigenvalue weighted by Crippen LogP contribution is 2.22. The fourth-order valence-electron chi connectivity index (χ4n) is 2.51. The molecule has 0 aromatic heterocycles. The molecule has 0 aliphatic carbocycles. The smallest absolute Gasteiger partial charge is 0.317 e. The normalized spacial score (nSPS) is 22.2. The van der Waals surface area contributed by atoms with Crippen LogP contribution in [0.15, 0.2) is 23.1 Å². The molecule has 0 spiro atoms. The van der Waals surface area contributed by atoms with E-state index in [0.29, 0.717) is 19.6 Å². The van der Waals surface area contributed by atoms with Gasteiger partial charge in [0.2, 0.25) is 0 Å². The Labute approximate surface area is 130 Å². The van der Waals surface area contributed by atoms with Gasteiger partial charge >= 0.3 is 6.03 Å². The van der Waals surface area contributed by atoms with Gasteiger partial charge in [-0.2, -0.15) is 0 Å². The number of aliphatic hydroxyl groups excluding tert-OH is 1. The van der Waals surface area contributed by atoms with E-state index in [-0.39, 0.29) is 11.9 Å². The molecule has 116 valence electrons. The minimum atomic E-state index is -0.411. The van der Waals surface area contributed by atoms with Crippen LogP contribution in [0.3, 0.4) is 0 Å². The first kappa shape index (κ1) is 16.2. The lowest BCUT2D eigenvalue weighted by Crippen LogP contribution is -2.49.